The molecule has 1 fully saturated rings. The molecule has 2 N–H and O–H groups in total. The van der Waals surface area contributed by atoms with E-state index in [1.807, 2.05) is 0 Å². The number of likely N-dealkylation sites (N-methyl/N-ethyl adjacent to an activating group) is 1. The molecular weight excluding hydrogens is 452 g/mol. The average molecular weight is 487 g/mol. The second-order valence-electron chi connectivity index (χ2n) is 8.94. The maximum absolute atomic E-state index is 12.9. The molecule has 0 aromatic heterocycles. The predicted molar refractivity (Wildman–Crippen MR) is 142 cm³/mol. The number of anilines is 1. The fourth-order valence-electron chi connectivity index (χ4n) is 4.29. The van der Waals surface area contributed by atoms with E-state index >= 15 is 0 Å². The van der Waals surface area contributed by atoms with Crippen LogP contribution in [0.1, 0.15) is 38.8 Å². The molecule has 0 unspecified atom stereocenters. The molecule has 7 heteroatoms. The summed E-state index contributed by atoms with van der Waals surface area (Å²) in [5.41, 5.74) is 3.68. The van der Waals surface area contributed by atoms with E-state index in [0.717, 1.165) is 44.8 Å². The van der Waals surface area contributed by atoms with Crippen LogP contribution in [-0.4, -0.2) is 61.4 Å². The van der Waals surface area contributed by atoms with Gasteiger partial charge >= 0.3 is 0 Å². The van der Waals surface area contributed by atoms with Crippen LogP contribution >= 0.6 is 0 Å². The number of hydrogen-bond donors (Lipinski definition) is 2. The van der Waals surface area contributed by atoms with Crippen molar-refractivity contribution in [1.82, 2.24) is 15.1 Å². The number of carbonyl (C=O) groups is 2. The summed E-state index contributed by atoms with van der Waals surface area (Å²) in [6.07, 6.45) is 0. The second kappa shape index (κ2) is 12.3. The molecular formula is C29H34N4O3. The van der Waals surface area contributed by atoms with Gasteiger partial charge in [-0.15, -0.1) is 0 Å². The first kappa shape index (κ1) is 25.4. The van der Waals surface area contributed by atoms with Gasteiger partial charge in [-0.25, -0.2) is 0 Å². The Kier molecular flexibility index (Phi) is 8.71. The van der Waals surface area contributed by atoms with Gasteiger partial charge in [0, 0.05) is 44.8 Å². The van der Waals surface area contributed by atoms with Crippen LogP contribution in [0.25, 0.3) is 0 Å². The van der Waals surface area contributed by atoms with E-state index in [2.05, 4.69) is 51.6 Å². The van der Waals surface area contributed by atoms with Gasteiger partial charge < -0.3 is 20.3 Å². The van der Waals surface area contributed by atoms with Crippen LogP contribution in [-0.2, 0) is 13.1 Å². The van der Waals surface area contributed by atoms with E-state index in [1.165, 1.54) is 5.56 Å². The summed E-state index contributed by atoms with van der Waals surface area (Å²) in [4.78, 5) is 30.6. The fourth-order valence-corrected chi connectivity index (χ4v) is 4.29. The van der Waals surface area contributed by atoms with Crippen LogP contribution < -0.4 is 15.4 Å². The van der Waals surface area contributed by atoms with Gasteiger partial charge in [-0.3, -0.25) is 14.5 Å². The number of ether oxygens (including phenoxy) is 1. The minimum atomic E-state index is -0.287. The van der Waals surface area contributed by atoms with Crippen LogP contribution in [0.4, 0.5) is 5.69 Å². The van der Waals surface area contributed by atoms with Crippen molar-refractivity contribution in [3.8, 4) is 5.75 Å². The van der Waals surface area contributed by atoms with E-state index < -0.39 is 0 Å². The highest BCUT2D eigenvalue weighted by atomic mass is 16.5. The number of para-hydroxylation sites is 1. The summed E-state index contributed by atoms with van der Waals surface area (Å²) >= 11 is 0. The molecule has 4 rings (SSSR count). The molecule has 0 saturated carbocycles. The van der Waals surface area contributed by atoms with Crippen molar-refractivity contribution in [1.29, 1.82) is 0 Å². The van der Waals surface area contributed by atoms with Crippen molar-refractivity contribution in [2.45, 2.75) is 20.0 Å². The number of methoxy groups -OCH3 is 1. The van der Waals surface area contributed by atoms with Gasteiger partial charge in [-0.1, -0.05) is 43.3 Å². The predicted octanol–water partition coefficient (Wildman–Crippen LogP) is 4.02. The highest BCUT2D eigenvalue weighted by molar-refractivity contribution is 6.09. The Morgan fingerprint density at radius 3 is 2.11 bits per heavy atom. The van der Waals surface area contributed by atoms with Gasteiger partial charge in [0.25, 0.3) is 11.8 Å². The highest BCUT2D eigenvalue weighted by Gasteiger charge is 2.16. The lowest BCUT2D eigenvalue weighted by Gasteiger charge is -2.34. The Bertz CT molecular complexity index is 1150. The quantitative estimate of drug-likeness (QED) is 0.478. The fraction of sp³-hybridized carbons (Fsp3) is 0.310. The molecule has 36 heavy (non-hydrogen) atoms. The van der Waals surface area contributed by atoms with Crippen molar-refractivity contribution in [3.05, 3.63) is 95.1 Å². The molecule has 7 nitrogen and oxygen atoms in total. The number of piperazine rings is 1. The minimum Gasteiger partial charge on any atom is -0.497 e. The molecule has 0 spiro atoms. The van der Waals surface area contributed by atoms with Crippen LogP contribution in [0, 0.1) is 0 Å². The summed E-state index contributed by atoms with van der Waals surface area (Å²) in [7, 11) is 1.58. The normalized spacial score (nSPS) is 14.3. The SMILES string of the molecule is CCN1CCN(Cc2ccc(CNC(=O)c3ccccc3NC(=O)c3ccc(OC)cc3)cc2)CC1. The molecule has 0 bridgehead atoms. The molecule has 2 amide bonds. The zero-order valence-corrected chi connectivity index (χ0v) is 21.0. The number of carbonyl (C=O) groups excluding carboxylic acids is 2. The summed E-state index contributed by atoms with van der Waals surface area (Å²) in [6.45, 7) is 9.14. The van der Waals surface area contributed by atoms with Crippen molar-refractivity contribution in [2.75, 3.05) is 45.2 Å². The van der Waals surface area contributed by atoms with Gasteiger partial charge in [0.2, 0.25) is 0 Å². The molecule has 0 aliphatic carbocycles. The summed E-state index contributed by atoms with van der Waals surface area (Å²) < 4.78 is 5.14. The first-order valence-corrected chi connectivity index (χ1v) is 12.4. The van der Waals surface area contributed by atoms with Crippen molar-refractivity contribution < 1.29 is 14.3 Å². The molecule has 0 atom stereocenters. The Morgan fingerprint density at radius 2 is 1.44 bits per heavy atom. The van der Waals surface area contributed by atoms with E-state index in [4.69, 9.17) is 4.74 Å². The topological polar surface area (TPSA) is 73.9 Å². The molecule has 1 aliphatic heterocycles. The van der Waals surface area contributed by atoms with E-state index in [0.29, 0.717) is 29.1 Å². The van der Waals surface area contributed by atoms with Crippen LogP contribution in [0.3, 0.4) is 0 Å². The lowest BCUT2D eigenvalue weighted by Crippen LogP contribution is -2.45. The average Bonchev–Trinajstić information content (AvgIpc) is 2.93. The Hall–Kier alpha value is -3.68. The number of nitrogens with one attached hydrogen (secondary N) is 2. The van der Waals surface area contributed by atoms with Crippen molar-refractivity contribution >= 4 is 17.5 Å². The summed E-state index contributed by atoms with van der Waals surface area (Å²) in [5.74, 6) is 0.150. The number of rotatable bonds is 9. The Balaban J connectivity index is 1.31. The summed E-state index contributed by atoms with van der Waals surface area (Å²) in [5, 5.41) is 5.82. The molecule has 1 saturated heterocycles. The largest absolute Gasteiger partial charge is 0.497 e. The molecule has 1 heterocycles. The molecule has 1 aliphatic rings. The first-order valence-electron chi connectivity index (χ1n) is 12.4. The molecule has 0 radical (unpaired) electrons. The lowest BCUT2D eigenvalue weighted by atomic mass is 10.1. The highest BCUT2D eigenvalue weighted by Crippen LogP contribution is 2.18. The van der Waals surface area contributed by atoms with Gasteiger partial charge in [0.05, 0.1) is 18.4 Å². The standard InChI is InChI=1S/C29H34N4O3/c1-3-32-16-18-33(19-17-32)21-23-10-8-22(9-11-23)20-30-29(35)26-6-4-5-7-27(26)31-28(34)24-12-14-25(36-2)15-13-24/h4-15H,3,16-21H2,1-2H3,(H,30,35)(H,31,34). The minimum absolute atomic E-state index is 0.237. The van der Waals surface area contributed by atoms with E-state index in [-0.39, 0.29) is 11.8 Å². The maximum atomic E-state index is 12.9. The Labute approximate surface area is 213 Å². The summed E-state index contributed by atoms with van der Waals surface area (Å²) in [6, 6.07) is 22.2. The molecule has 3 aromatic carbocycles. The second-order valence-corrected chi connectivity index (χ2v) is 8.94. The number of nitrogens with zero attached hydrogens (tertiary/aromatic N) is 2. The van der Waals surface area contributed by atoms with Crippen LogP contribution in [0.2, 0.25) is 0 Å². The van der Waals surface area contributed by atoms with Gasteiger partial charge in [-0.05, 0) is 54.1 Å². The monoisotopic (exact) mass is 486 g/mol. The smallest absolute Gasteiger partial charge is 0.255 e. The zero-order valence-electron chi connectivity index (χ0n) is 21.0. The van der Waals surface area contributed by atoms with Gasteiger partial charge in [-0.2, -0.15) is 0 Å². The third kappa shape index (κ3) is 6.71. The molecule has 3 aromatic rings. The number of benzene rings is 3. The van der Waals surface area contributed by atoms with Crippen molar-refractivity contribution in [2.24, 2.45) is 0 Å². The van der Waals surface area contributed by atoms with Crippen LogP contribution in [0.5, 0.6) is 5.75 Å². The van der Waals surface area contributed by atoms with Gasteiger partial charge in [0.15, 0.2) is 0 Å². The number of amides is 2. The number of hydrogen-bond acceptors (Lipinski definition) is 5. The van der Waals surface area contributed by atoms with Gasteiger partial charge in [0.1, 0.15) is 5.75 Å². The van der Waals surface area contributed by atoms with E-state index in [9.17, 15) is 9.59 Å². The Morgan fingerprint density at radius 1 is 0.806 bits per heavy atom. The zero-order chi connectivity index (χ0) is 25.3. The maximum Gasteiger partial charge on any atom is 0.255 e. The lowest BCUT2D eigenvalue weighted by molar-refractivity contribution is 0.0952. The van der Waals surface area contributed by atoms with Crippen LogP contribution in [0.15, 0.2) is 72.8 Å². The third-order valence-electron chi connectivity index (χ3n) is 6.57. The van der Waals surface area contributed by atoms with Crippen molar-refractivity contribution in [3.63, 3.8) is 0 Å². The molecule has 188 valence electrons. The first-order chi connectivity index (χ1) is 17.6. The van der Waals surface area contributed by atoms with E-state index in [1.54, 1.807) is 55.6 Å². The third-order valence-corrected chi connectivity index (χ3v) is 6.57.